The Labute approximate surface area is 87.3 Å². The van der Waals surface area contributed by atoms with E-state index >= 15 is 0 Å². The van der Waals surface area contributed by atoms with Crippen molar-refractivity contribution in [3.63, 3.8) is 0 Å². The number of likely N-dealkylation sites (tertiary alicyclic amines) is 1. The zero-order chi connectivity index (χ0) is 10.3. The average Bonchev–Trinajstić information content (AvgIpc) is 2.62. The second kappa shape index (κ2) is 3.49. The summed E-state index contributed by atoms with van der Waals surface area (Å²) in [6, 6.07) is 0. The lowest BCUT2D eigenvalue weighted by atomic mass is 9.87. The van der Waals surface area contributed by atoms with Crippen LogP contribution in [0.4, 0.5) is 0 Å². The summed E-state index contributed by atoms with van der Waals surface area (Å²) < 4.78 is 0. The number of nitrogens with zero attached hydrogens (tertiary/aromatic N) is 1. The van der Waals surface area contributed by atoms with Gasteiger partial charge in [0.25, 0.3) is 0 Å². The summed E-state index contributed by atoms with van der Waals surface area (Å²) in [6.07, 6.45) is 0.944. The molecule has 2 unspecified atom stereocenters. The molecule has 0 radical (unpaired) electrons. The highest BCUT2D eigenvalue weighted by molar-refractivity contribution is 5.08. The normalized spacial score (nSPS) is 37.3. The highest BCUT2D eigenvalue weighted by Gasteiger charge is 2.59. The molecular weight excluding hydrogens is 174 g/mol. The van der Waals surface area contributed by atoms with Crippen LogP contribution in [0.15, 0.2) is 0 Å². The van der Waals surface area contributed by atoms with Crippen molar-refractivity contribution in [3.8, 4) is 0 Å². The lowest BCUT2D eigenvalue weighted by molar-refractivity contribution is 0.203. The van der Waals surface area contributed by atoms with Gasteiger partial charge in [-0.05, 0) is 29.6 Å². The maximum Gasteiger partial charge on any atom is 0.0443 e. The van der Waals surface area contributed by atoms with Gasteiger partial charge in [0, 0.05) is 26.2 Å². The van der Waals surface area contributed by atoms with Gasteiger partial charge in [0.15, 0.2) is 0 Å². The summed E-state index contributed by atoms with van der Waals surface area (Å²) in [4.78, 5) is 2.52. The van der Waals surface area contributed by atoms with Gasteiger partial charge in [-0.3, -0.25) is 0 Å². The highest BCUT2D eigenvalue weighted by atomic mass is 16.3. The van der Waals surface area contributed by atoms with Crippen LogP contribution in [-0.4, -0.2) is 36.2 Å². The number of hydrogen-bond acceptors (Lipinski definition) is 2. The molecular formula is C12H23NO. The average molecular weight is 197 g/mol. The van der Waals surface area contributed by atoms with Crippen LogP contribution in [0.1, 0.15) is 27.2 Å². The van der Waals surface area contributed by atoms with Crippen LogP contribution in [0.2, 0.25) is 0 Å². The Balaban J connectivity index is 1.76. The van der Waals surface area contributed by atoms with Crippen molar-refractivity contribution in [2.45, 2.75) is 27.2 Å². The Morgan fingerprint density at radius 1 is 1.21 bits per heavy atom. The summed E-state index contributed by atoms with van der Waals surface area (Å²) in [5.74, 6) is 2.90. The van der Waals surface area contributed by atoms with Gasteiger partial charge in [0.05, 0.1) is 0 Å². The van der Waals surface area contributed by atoms with Gasteiger partial charge in [0.1, 0.15) is 0 Å². The van der Waals surface area contributed by atoms with Crippen molar-refractivity contribution in [1.82, 2.24) is 4.90 Å². The second-order valence-electron chi connectivity index (χ2n) is 6.06. The van der Waals surface area contributed by atoms with Crippen molar-refractivity contribution in [2.75, 3.05) is 26.2 Å². The fourth-order valence-electron chi connectivity index (χ4n) is 3.38. The largest absolute Gasteiger partial charge is 0.396 e. The zero-order valence-electron chi connectivity index (χ0n) is 9.66. The second-order valence-corrected chi connectivity index (χ2v) is 6.06. The quantitative estimate of drug-likeness (QED) is 0.743. The van der Waals surface area contributed by atoms with Gasteiger partial charge in [-0.25, -0.2) is 0 Å². The molecule has 1 heterocycles. The van der Waals surface area contributed by atoms with Gasteiger partial charge in [-0.15, -0.1) is 0 Å². The summed E-state index contributed by atoms with van der Waals surface area (Å²) >= 11 is 0. The van der Waals surface area contributed by atoms with E-state index in [0.717, 1.165) is 30.7 Å². The molecule has 0 bridgehead atoms. The molecule has 3 atom stereocenters. The number of rotatable bonds is 3. The van der Waals surface area contributed by atoms with Gasteiger partial charge in [-0.2, -0.15) is 0 Å². The van der Waals surface area contributed by atoms with Gasteiger partial charge in [-0.1, -0.05) is 20.8 Å². The molecule has 1 aliphatic carbocycles. The van der Waals surface area contributed by atoms with Crippen molar-refractivity contribution in [1.29, 1.82) is 0 Å². The van der Waals surface area contributed by atoms with E-state index < -0.39 is 0 Å². The molecule has 2 rings (SSSR count). The first-order chi connectivity index (χ1) is 6.54. The minimum Gasteiger partial charge on any atom is -0.396 e. The predicted molar refractivity (Wildman–Crippen MR) is 58.1 cm³/mol. The summed E-state index contributed by atoms with van der Waals surface area (Å²) in [6.45, 7) is 11.1. The molecule has 14 heavy (non-hydrogen) atoms. The Hall–Kier alpha value is -0.0800. The number of aliphatic hydroxyl groups is 1. The van der Waals surface area contributed by atoms with Gasteiger partial charge >= 0.3 is 0 Å². The van der Waals surface area contributed by atoms with Crippen molar-refractivity contribution in [2.24, 2.45) is 23.2 Å². The van der Waals surface area contributed by atoms with E-state index in [9.17, 15) is 0 Å². The molecule has 2 aliphatic rings. The number of piperidine rings is 1. The predicted octanol–water partition coefficient (Wildman–Crippen LogP) is 1.59. The van der Waals surface area contributed by atoms with E-state index in [2.05, 4.69) is 25.7 Å². The summed E-state index contributed by atoms with van der Waals surface area (Å²) in [5, 5.41) is 8.76. The molecule has 82 valence electrons. The molecule has 0 aromatic heterocycles. The first-order valence-electron chi connectivity index (χ1n) is 5.87. The fraction of sp³-hybridized carbons (Fsp3) is 1.00. The Kier molecular flexibility index (Phi) is 2.61. The van der Waals surface area contributed by atoms with Crippen LogP contribution < -0.4 is 0 Å². The topological polar surface area (TPSA) is 23.5 Å². The molecule has 1 aliphatic heterocycles. The lowest BCUT2D eigenvalue weighted by Crippen LogP contribution is -2.29. The molecule has 0 spiro atoms. The van der Waals surface area contributed by atoms with Crippen LogP contribution in [-0.2, 0) is 0 Å². The summed E-state index contributed by atoms with van der Waals surface area (Å²) in [7, 11) is 0. The number of aliphatic hydroxyl groups excluding tert-OH is 1. The van der Waals surface area contributed by atoms with Crippen molar-refractivity contribution < 1.29 is 5.11 Å². The molecule has 2 fully saturated rings. The number of hydrogen-bond donors (Lipinski definition) is 1. The van der Waals surface area contributed by atoms with Crippen LogP contribution >= 0.6 is 0 Å². The van der Waals surface area contributed by atoms with E-state index in [4.69, 9.17) is 5.11 Å². The zero-order valence-corrected chi connectivity index (χ0v) is 9.66. The van der Waals surface area contributed by atoms with Crippen LogP contribution in [0.3, 0.4) is 0 Å². The molecule has 1 saturated heterocycles. The first kappa shape index (κ1) is 10.4. The maximum absolute atomic E-state index is 8.76. The van der Waals surface area contributed by atoms with Crippen molar-refractivity contribution in [3.05, 3.63) is 0 Å². The third-order valence-corrected chi connectivity index (χ3v) is 3.90. The third kappa shape index (κ3) is 1.82. The fourth-order valence-corrected chi connectivity index (χ4v) is 3.38. The standard InChI is InChI=1S/C12H23NO/c1-12(2,3)11-9-7-13(5-4-6-14)8-10(9)11/h9-11,14H,4-8H2,1-3H3/t9-,10?,11?/m1/s1. The van der Waals surface area contributed by atoms with E-state index in [1.807, 2.05) is 0 Å². The Morgan fingerprint density at radius 3 is 2.21 bits per heavy atom. The van der Waals surface area contributed by atoms with Crippen LogP contribution in [0, 0.1) is 23.2 Å². The Morgan fingerprint density at radius 2 is 1.79 bits per heavy atom. The molecule has 0 aromatic rings. The molecule has 2 heteroatoms. The third-order valence-electron chi connectivity index (χ3n) is 3.90. The maximum atomic E-state index is 8.76. The molecule has 2 nitrogen and oxygen atoms in total. The van der Waals surface area contributed by atoms with E-state index in [-0.39, 0.29) is 0 Å². The molecule has 1 saturated carbocycles. The van der Waals surface area contributed by atoms with E-state index in [1.54, 1.807) is 0 Å². The summed E-state index contributed by atoms with van der Waals surface area (Å²) in [5.41, 5.74) is 0.512. The van der Waals surface area contributed by atoms with Crippen LogP contribution in [0.25, 0.3) is 0 Å². The van der Waals surface area contributed by atoms with Crippen LogP contribution in [0.5, 0.6) is 0 Å². The monoisotopic (exact) mass is 197 g/mol. The minimum absolute atomic E-state index is 0.342. The lowest BCUT2D eigenvalue weighted by Gasteiger charge is -2.25. The SMILES string of the molecule is CC(C)(C)C1C2CN(CCCO)C[C@H]21. The van der Waals surface area contributed by atoms with Gasteiger partial charge in [0.2, 0.25) is 0 Å². The van der Waals surface area contributed by atoms with E-state index in [1.165, 1.54) is 13.1 Å². The smallest absolute Gasteiger partial charge is 0.0443 e. The Bertz CT molecular complexity index is 197. The van der Waals surface area contributed by atoms with Gasteiger partial charge < -0.3 is 10.0 Å². The van der Waals surface area contributed by atoms with E-state index in [0.29, 0.717) is 12.0 Å². The number of fused-ring (bicyclic) bond motifs is 1. The van der Waals surface area contributed by atoms with Crippen molar-refractivity contribution >= 4 is 0 Å². The molecule has 0 aromatic carbocycles. The molecule has 1 N–H and O–H groups in total. The molecule has 0 amide bonds. The minimum atomic E-state index is 0.342. The highest BCUT2D eigenvalue weighted by Crippen LogP contribution is 2.59. The first-order valence-corrected chi connectivity index (χ1v) is 5.87.